The second-order valence-electron chi connectivity index (χ2n) is 9.97. The molecule has 2 aromatic heterocycles. The summed E-state index contributed by atoms with van der Waals surface area (Å²) in [5.41, 5.74) is 1.83. The number of ether oxygens (including phenoxy) is 1. The van der Waals surface area contributed by atoms with Crippen LogP contribution in [0.1, 0.15) is 34.1 Å². The quantitative estimate of drug-likeness (QED) is 0.173. The van der Waals surface area contributed by atoms with Crippen molar-refractivity contribution in [2.45, 2.75) is 25.0 Å². The number of hydrogen-bond acceptors (Lipinski definition) is 6. The number of quaternary nitrogens is 1. The first-order valence-corrected chi connectivity index (χ1v) is 14.3. The van der Waals surface area contributed by atoms with E-state index in [9.17, 15) is 9.59 Å². The Balaban J connectivity index is 1.24. The molecule has 2 aromatic carbocycles. The Labute approximate surface area is 218 Å². The third kappa shape index (κ3) is 4.59. The molecule has 5 heterocycles. The normalized spacial score (nSPS) is 23.9. The summed E-state index contributed by atoms with van der Waals surface area (Å²) < 4.78 is 8.19. The minimum Gasteiger partial charge on any atom is -0.454 e. The molecule has 3 saturated heterocycles. The minimum atomic E-state index is -0.597. The van der Waals surface area contributed by atoms with Crippen molar-refractivity contribution in [3.8, 4) is 0 Å². The average Bonchev–Trinajstić information content (AvgIpc) is 3.59. The predicted molar refractivity (Wildman–Crippen MR) is 146 cm³/mol. The molecule has 0 spiro atoms. The Kier molecular flexibility index (Phi) is 6.37. The predicted octanol–water partition coefficient (Wildman–Crippen LogP) is 6.15. The number of benzene rings is 2. The third-order valence-electron chi connectivity index (χ3n) is 7.73. The Morgan fingerprint density at radius 1 is 0.972 bits per heavy atom. The molecule has 0 saturated carbocycles. The van der Waals surface area contributed by atoms with Crippen molar-refractivity contribution in [3.63, 3.8) is 0 Å². The first kappa shape index (κ1) is 23.4. The number of thiophene rings is 2. The fraction of sp³-hybridized carbons (Fsp3) is 0.310. The van der Waals surface area contributed by atoms with Crippen LogP contribution in [0.5, 0.6) is 0 Å². The molecule has 7 rings (SSSR count). The van der Waals surface area contributed by atoms with Crippen LogP contribution in [0.3, 0.4) is 0 Å². The van der Waals surface area contributed by atoms with E-state index in [1.54, 1.807) is 11.3 Å². The molecule has 36 heavy (non-hydrogen) atoms. The number of Topliss-reactive ketones (excluding diaryl/α,β-unsaturated/α-hetero) is 1. The van der Waals surface area contributed by atoms with Gasteiger partial charge in [-0.3, -0.25) is 4.79 Å². The molecule has 184 valence electrons. The van der Waals surface area contributed by atoms with Gasteiger partial charge in [0.05, 0.1) is 18.0 Å². The Bertz CT molecular complexity index is 1360. The highest BCUT2D eigenvalue weighted by Gasteiger charge is 2.49. The number of hydrogen-bond donors (Lipinski definition) is 1. The second-order valence-corrected chi connectivity index (χ2v) is 11.8. The summed E-state index contributed by atoms with van der Waals surface area (Å²) in [6, 6.07) is 21.3. The maximum absolute atomic E-state index is 13.8. The number of nitrogens with one attached hydrogen (secondary N) is 1. The average molecular weight is 518 g/mol. The van der Waals surface area contributed by atoms with E-state index in [4.69, 9.17) is 4.74 Å². The molecule has 3 fully saturated rings. The molecular weight excluding hydrogens is 488 g/mol. The van der Waals surface area contributed by atoms with Gasteiger partial charge in [-0.1, -0.05) is 42.5 Å². The van der Waals surface area contributed by atoms with Gasteiger partial charge >= 0.3 is 5.97 Å². The number of rotatable bonds is 8. The fourth-order valence-corrected chi connectivity index (χ4v) is 7.44. The Morgan fingerprint density at radius 2 is 1.75 bits per heavy atom. The summed E-state index contributed by atoms with van der Waals surface area (Å²) in [4.78, 5) is 27.6. The number of piperidine rings is 3. The number of esters is 1. The lowest BCUT2D eigenvalue weighted by molar-refractivity contribution is -0.938. The van der Waals surface area contributed by atoms with E-state index in [0.29, 0.717) is 12.5 Å². The van der Waals surface area contributed by atoms with Crippen LogP contribution in [0.2, 0.25) is 0 Å². The molecule has 5 nitrogen and oxygen atoms in total. The summed E-state index contributed by atoms with van der Waals surface area (Å²) in [5, 5.41) is 8.54. The highest BCUT2D eigenvalue weighted by atomic mass is 32.1. The van der Waals surface area contributed by atoms with Crippen LogP contribution in [0.15, 0.2) is 77.5 Å². The molecule has 0 amide bonds. The lowest BCUT2D eigenvalue weighted by atomic mass is 9.83. The van der Waals surface area contributed by atoms with Crippen LogP contribution < -0.4 is 5.32 Å². The van der Waals surface area contributed by atoms with Crippen LogP contribution in [0, 0.1) is 5.92 Å². The first-order valence-electron chi connectivity index (χ1n) is 12.5. The molecule has 4 aromatic rings. The maximum Gasteiger partial charge on any atom is 0.333 e. The van der Waals surface area contributed by atoms with Crippen molar-refractivity contribution in [1.29, 1.82) is 0 Å². The first-order chi connectivity index (χ1) is 17.6. The van der Waals surface area contributed by atoms with Gasteiger partial charge in [-0.05, 0) is 40.4 Å². The monoisotopic (exact) mass is 517 g/mol. The zero-order valence-corrected chi connectivity index (χ0v) is 21.6. The molecule has 0 radical (unpaired) electrons. The lowest BCUT2D eigenvalue weighted by Gasteiger charge is -2.51. The number of ketones is 1. The smallest absolute Gasteiger partial charge is 0.333 e. The van der Waals surface area contributed by atoms with Gasteiger partial charge in [-0.2, -0.15) is 0 Å². The Morgan fingerprint density at radius 3 is 2.53 bits per heavy atom. The van der Waals surface area contributed by atoms with E-state index in [0.717, 1.165) is 63.2 Å². The van der Waals surface area contributed by atoms with Crippen LogP contribution in [0.4, 0.5) is 5.69 Å². The summed E-state index contributed by atoms with van der Waals surface area (Å²) in [5.74, 6) is 0.315. The summed E-state index contributed by atoms with van der Waals surface area (Å²) >= 11 is 3.15. The van der Waals surface area contributed by atoms with Gasteiger partial charge in [0.2, 0.25) is 5.78 Å². The van der Waals surface area contributed by atoms with Gasteiger partial charge in [-0.15, -0.1) is 22.7 Å². The molecule has 2 bridgehead atoms. The number of carbonyl (C=O) groups excluding carboxylic acids is 2. The van der Waals surface area contributed by atoms with E-state index in [2.05, 4.69) is 22.8 Å². The second kappa shape index (κ2) is 9.81. The van der Waals surface area contributed by atoms with Crippen molar-refractivity contribution in [2.24, 2.45) is 5.92 Å². The fourth-order valence-electron chi connectivity index (χ4n) is 5.80. The summed E-state index contributed by atoms with van der Waals surface area (Å²) in [7, 11) is 0. The molecule has 7 heteroatoms. The van der Waals surface area contributed by atoms with E-state index in [1.807, 2.05) is 60.0 Å². The van der Waals surface area contributed by atoms with E-state index in [-0.39, 0.29) is 17.9 Å². The number of nitrogens with zero attached hydrogens (tertiary/aromatic N) is 1. The largest absolute Gasteiger partial charge is 0.454 e. The van der Waals surface area contributed by atoms with E-state index < -0.39 is 6.04 Å². The van der Waals surface area contributed by atoms with Crippen molar-refractivity contribution in [2.75, 3.05) is 31.5 Å². The number of carbonyl (C=O) groups is 2. The number of fused-ring (bicyclic) bond motifs is 4. The summed E-state index contributed by atoms with van der Waals surface area (Å²) in [6.45, 7) is 3.17. The van der Waals surface area contributed by atoms with Crippen LogP contribution in [-0.4, -0.2) is 48.5 Å². The van der Waals surface area contributed by atoms with Gasteiger partial charge in [-0.25, -0.2) is 4.79 Å². The maximum atomic E-state index is 13.8. The van der Waals surface area contributed by atoms with Crippen LogP contribution in [0.25, 0.3) is 10.1 Å². The highest BCUT2D eigenvalue weighted by molar-refractivity contribution is 7.17. The van der Waals surface area contributed by atoms with E-state index >= 15 is 0 Å². The lowest BCUT2D eigenvalue weighted by Crippen LogP contribution is -2.65. The molecule has 0 aliphatic carbocycles. The van der Waals surface area contributed by atoms with Crippen molar-refractivity contribution < 1.29 is 18.8 Å². The molecule has 1 N–H and O–H groups in total. The topological polar surface area (TPSA) is 55.4 Å². The van der Waals surface area contributed by atoms with Crippen LogP contribution >= 0.6 is 22.7 Å². The Hall–Kier alpha value is -3.00. The zero-order chi connectivity index (χ0) is 24.5. The molecule has 3 aliphatic heterocycles. The van der Waals surface area contributed by atoms with Crippen molar-refractivity contribution in [1.82, 2.24) is 0 Å². The molecule has 3 aliphatic rings. The van der Waals surface area contributed by atoms with Gasteiger partial charge in [0, 0.05) is 34.7 Å². The van der Waals surface area contributed by atoms with Gasteiger partial charge in [0.1, 0.15) is 13.1 Å². The number of para-hydroxylation sites is 1. The molecular formula is C29H29N2O3S2+. The summed E-state index contributed by atoms with van der Waals surface area (Å²) in [6.07, 6.45) is 1.82. The number of anilines is 1. The van der Waals surface area contributed by atoms with Crippen molar-refractivity contribution in [3.05, 3.63) is 87.9 Å². The molecule has 2 atom stereocenters. The third-order valence-corrected chi connectivity index (χ3v) is 9.62. The van der Waals surface area contributed by atoms with Gasteiger partial charge < -0.3 is 14.5 Å². The zero-order valence-electron chi connectivity index (χ0n) is 20.0. The van der Waals surface area contributed by atoms with Gasteiger partial charge in [0.15, 0.2) is 12.1 Å². The van der Waals surface area contributed by atoms with E-state index in [1.165, 1.54) is 11.3 Å². The SMILES string of the molecule is O=C(C[N+]12CCC(CC1)[C@@H](OC(=O)[C@@H](Nc1ccccc1)c1csc3ccccc13)C2)c1cccs1. The molecule has 0 unspecified atom stereocenters. The van der Waals surface area contributed by atoms with Crippen LogP contribution in [-0.2, 0) is 9.53 Å². The van der Waals surface area contributed by atoms with Crippen molar-refractivity contribution >= 4 is 50.2 Å². The van der Waals surface area contributed by atoms with Gasteiger partial charge in [0.25, 0.3) is 0 Å². The minimum absolute atomic E-state index is 0.166. The highest BCUT2D eigenvalue weighted by Crippen LogP contribution is 2.38. The standard InChI is InChI=1S/C29H29N2O3S2/c32-24(27-11-6-16-35-27)17-31-14-12-20(13-15-31)25(18-31)34-29(33)28(30-21-7-2-1-3-8-21)23-19-36-26-10-5-4-9-22(23)26/h1-11,16,19-20,25,28,30H,12-15,17-18H2/q+1/t20?,25-,28-,31?/m0/s1.